The molecule has 0 aromatic rings. The Labute approximate surface area is 445 Å². The molecule has 0 bridgehead atoms. The first-order valence-electron chi connectivity index (χ1n) is 31.3. The highest BCUT2D eigenvalue weighted by Crippen LogP contribution is 2.69. The molecule has 1 heterocycles. The lowest BCUT2D eigenvalue weighted by Crippen LogP contribution is -2.50. The molecule has 1 saturated heterocycles. The Morgan fingerprint density at radius 2 is 1.47 bits per heavy atom. The molecular formula is C70H98N2O. The van der Waals surface area contributed by atoms with Gasteiger partial charge in [-0.1, -0.05) is 111 Å². The summed E-state index contributed by atoms with van der Waals surface area (Å²) in [6.07, 6.45) is 67.9. The van der Waals surface area contributed by atoms with E-state index in [2.05, 4.69) is 124 Å². The number of nitrogens with zero attached hydrogens (tertiary/aromatic N) is 2. The second-order valence-electron chi connectivity index (χ2n) is 27.5. The fourth-order valence-corrected chi connectivity index (χ4v) is 19.0. The number of allylic oxidation sites excluding steroid dienone is 17. The van der Waals surface area contributed by atoms with E-state index in [0.29, 0.717) is 71.9 Å². The average molecular weight is 984 g/mol. The Kier molecular flexibility index (Phi) is 14.7. The summed E-state index contributed by atoms with van der Waals surface area (Å²) in [4.78, 5) is 6.15. The molecule has 0 radical (unpaired) electrons. The van der Waals surface area contributed by atoms with Gasteiger partial charge in [0.15, 0.2) is 0 Å². The maximum atomic E-state index is 7.03. The molecule has 12 aliphatic rings. The zero-order valence-corrected chi connectivity index (χ0v) is 46.5. The molecule has 1 aliphatic heterocycles. The molecule has 11 aliphatic carbocycles. The van der Waals surface area contributed by atoms with Crippen molar-refractivity contribution in [3.63, 3.8) is 0 Å². The first-order valence-corrected chi connectivity index (χ1v) is 31.3. The third kappa shape index (κ3) is 9.57. The summed E-state index contributed by atoms with van der Waals surface area (Å²) in [5.41, 5.74) is 14.6. The number of likely N-dealkylation sites (tertiary alicyclic amines) is 1. The van der Waals surface area contributed by atoms with Gasteiger partial charge >= 0.3 is 0 Å². The molecule has 12 rings (SSSR count). The maximum absolute atomic E-state index is 7.03. The van der Waals surface area contributed by atoms with Crippen LogP contribution < -0.4 is 0 Å². The van der Waals surface area contributed by atoms with Gasteiger partial charge < -0.3 is 14.5 Å². The van der Waals surface area contributed by atoms with Crippen LogP contribution in [-0.2, 0) is 4.74 Å². The van der Waals surface area contributed by atoms with Crippen LogP contribution in [-0.4, -0.2) is 46.2 Å². The van der Waals surface area contributed by atoms with Crippen LogP contribution in [0.2, 0.25) is 0 Å². The molecule has 3 saturated carbocycles. The smallest absolute Gasteiger partial charge is 0.0616 e. The molecule has 0 N–H and O–H groups in total. The van der Waals surface area contributed by atoms with Gasteiger partial charge in [0.2, 0.25) is 0 Å². The van der Waals surface area contributed by atoms with Crippen LogP contribution in [0.4, 0.5) is 0 Å². The molecule has 0 spiro atoms. The first kappa shape index (κ1) is 50.5. The molecule has 394 valence electrons. The minimum absolute atomic E-state index is 0.198. The van der Waals surface area contributed by atoms with E-state index >= 15 is 0 Å². The van der Waals surface area contributed by atoms with Gasteiger partial charge in [-0.15, -0.1) is 13.2 Å². The van der Waals surface area contributed by atoms with Gasteiger partial charge in [0.1, 0.15) is 0 Å². The summed E-state index contributed by atoms with van der Waals surface area (Å²) < 4.78 is 7.03. The van der Waals surface area contributed by atoms with Crippen LogP contribution in [0.25, 0.3) is 0 Å². The predicted molar refractivity (Wildman–Crippen MR) is 306 cm³/mol. The van der Waals surface area contributed by atoms with Gasteiger partial charge in [-0.05, 0) is 244 Å². The molecule has 0 amide bonds. The molecule has 0 aromatic heterocycles. The molecular weight excluding hydrogens is 885 g/mol. The van der Waals surface area contributed by atoms with Gasteiger partial charge in [-0.2, -0.15) is 0 Å². The van der Waals surface area contributed by atoms with E-state index in [1.54, 1.807) is 28.1 Å². The van der Waals surface area contributed by atoms with E-state index in [9.17, 15) is 0 Å². The molecule has 0 aromatic carbocycles. The lowest BCUT2D eigenvalue weighted by Gasteiger charge is -2.54. The summed E-state index contributed by atoms with van der Waals surface area (Å²) in [6, 6.07) is 2.59. The Hall–Kier alpha value is -3.30. The van der Waals surface area contributed by atoms with Gasteiger partial charge in [-0.25, -0.2) is 0 Å². The van der Waals surface area contributed by atoms with E-state index < -0.39 is 0 Å². The normalized spacial score (nSPS) is 40.7. The van der Waals surface area contributed by atoms with Crippen LogP contribution >= 0.6 is 0 Å². The third-order valence-electron chi connectivity index (χ3n) is 22.7. The third-order valence-corrected chi connectivity index (χ3v) is 22.7. The van der Waals surface area contributed by atoms with E-state index in [4.69, 9.17) is 4.74 Å². The van der Waals surface area contributed by atoms with Crippen LogP contribution in [0.3, 0.4) is 0 Å². The van der Waals surface area contributed by atoms with E-state index in [0.717, 1.165) is 18.3 Å². The highest BCUT2D eigenvalue weighted by Gasteiger charge is 2.60. The topological polar surface area (TPSA) is 15.7 Å². The van der Waals surface area contributed by atoms with Crippen LogP contribution in [0.15, 0.2) is 131 Å². The standard InChI is InChI=1S/C70H98N2O/c1-7-48-19-32-57(33-20-48)72-67-16-12-10-14-63(67)64-45-51(25-44-68(64)72)50-23-34-55(35-24-50)71(56-36-28-52(29-37-56)69(4,5)6)58-38-43-62-61-13-9-11-15-65(61)70(66(62)46-58,53-26-17-47(3)18-27-53)54-30-41-60(42-31-54)73-59-39-21-49(8-2)22-40-59/h7-8,10,12,16-17,23,26,28,30,36,45,47-49,53,55,57-60,62-64,66,68H,1-2,9,11,13-15,18-22,24-25,27,29,31-35,37-44,46H2,3-6H3. The largest absolute Gasteiger partial charge is 0.375 e. The lowest BCUT2D eigenvalue weighted by atomic mass is 9.52. The number of hydrogen-bond donors (Lipinski definition) is 0. The average Bonchev–Trinajstić information content (AvgIpc) is 3.92. The van der Waals surface area contributed by atoms with E-state index in [-0.39, 0.29) is 10.8 Å². The number of hydrogen-bond acceptors (Lipinski definition) is 3. The minimum Gasteiger partial charge on any atom is -0.375 e. The van der Waals surface area contributed by atoms with Crippen LogP contribution in [0, 0.1) is 58.2 Å². The van der Waals surface area contributed by atoms with E-state index in [1.165, 1.54) is 173 Å². The van der Waals surface area contributed by atoms with Crippen LogP contribution in [0.5, 0.6) is 0 Å². The summed E-state index contributed by atoms with van der Waals surface area (Å²) >= 11 is 0. The summed E-state index contributed by atoms with van der Waals surface area (Å²) in [5.74, 6) is 5.56. The number of ether oxygens (including phenoxy) is 1. The highest BCUT2D eigenvalue weighted by atomic mass is 16.5. The van der Waals surface area contributed by atoms with Crippen molar-refractivity contribution in [3.8, 4) is 0 Å². The highest BCUT2D eigenvalue weighted by molar-refractivity contribution is 5.47. The van der Waals surface area contributed by atoms with Gasteiger partial charge in [-0.3, -0.25) is 0 Å². The summed E-state index contributed by atoms with van der Waals surface area (Å²) in [7, 11) is 0. The van der Waals surface area contributed by atoms with Crippen molar-refractivity contribution < 1.29 is 4.74 Å². The molecule has 3 nitrogen and oxygen atoms in total. The maximum Gasteiger partial charge on any atom is 0.0616 e. The predicted octanol–water partition coefficient (Wildman–Crippen LogP) is 18.1. The first-order chi connectivity index (χ1) is 35.6. The molecule has 4 fully saturated rings. The van der Waals surface area contributed by atoms with E-state index in [1.807, 2.05) is 16.7 Å². The SMILES string of the molecule is C=CC1CCC(OC2CC=C(C3(C4C=CC(C)CC4)C4=C(CCCC4)C4CCC(N(C5=CC=C(C(C)(C)C)CC5)C5CC=C(C6=CC7C8CC=CC=C8N(C8CCC(C=C)CC8)C7CC6)CC5)CC43)CC2)CC1. The Morgan fingerprint density at radius 1 is 0.671 bits per heavy atom. The minimum atomic E-state index is 0.198. The van der Waals surface area contributed by atoms with Gasteiger partial charge in [0.05, 0.1) is 12.2 Å². The van der Waals surface area contributed by atoms with Gasteiger partial charge in [0, 0.05) is 52.8 Å². The molecule has 11 atom stereocenters. The van der Waals surface area contributed by atoms with Crippen molar-refractivity contribution in [1.82, 2.24) is 9.80 Å². The fourth-order valence-electron chi connectivity index (χ4n) is 19.0. The molecule has 11 unspecified atom stereocenters. The van der Waals surface area contributed by atoms with Gasteiger partial charge in [0.25, 0.3) is 0 Å². The number of rotatable bonds is 11. The van der Waals surface area contributed by atoms with Crippen molar-refractivity contribution in [1.29, 1.82) is 0 Å². The zero-order chi connectivity index (χ0) is 49.8. The lowest BCUT2D eigenvalue weighted by molar-refractivity contribution is -0.0397. The Morgan fingerprint density at radius 3 is 2.16 bits per heavy atom. The Balaban J connectivity index is 0.837. The zero-order valence-electron chi connectivity index (χ0n) is 46.5. The summed E-state index contributed by atoms with van der Waals surface area (Å²) in [6.45, 7) is 18.1. The quantitative estimate of drug-likeness (QED) is 0.192. The molecule has 3 heteroatoms. The van der Waals surface area contributed by atoms with Crippen molar-refractivity contribution in [2.75, 3.05) is 0 Å². The molecule has 73 heavy (non-hydrogen) atoms. The van der Waals surface area contributed by atoms with Crippen molar-refractivity contribution in [2.45, 2.75) is 244 Å². The second-order valence-corrected chi connectivity index (χ2v) is 27.5. The van der Waals surface area contributed by atoms with Crippen molar-refractivity contribution in [3.05, 3.63) is 131 Å². The monoisotopic (exact) mass is 983 g/mol. The number of fused-ring (bicyclic) bond motifs is 5. The summed E-state index contributed by atoms with van der Waals surface area (Å²) in [5, 5.41) is 0. The van der Waals surface area contributed by atoms with Crippen LogP contribution in [0.1, 0.15) is 207 Å². The fraction of sp³-hybridized carbons (Fsp3) is 0.686. The van der Waals surface area contributed by atoms with Crippen molar-refractivity contribution in [2.24, 2.45) is 58.2 Å². The second kappa shape index (κ2) is 21.3. The Bertz CT molecular complexity index is 2350. The van der Waals surface area contributed by atoms with Crippen molar-refractivity contribution >= 4 is 0 Å².